The Hall–Kier alpha value is 0.346. The monoisotopic (exact) mass is 195 g/mol. The summed E-state index contributed by atoms with van der Waals surface area (Å²) in [5.74, 6) is 0. The second-order valence-electron chi connectivity index (χ2n) is 0.503. The molecule has 0 aliphatic heterocycles. The maximum atomic E-state index is 9.41. The Morgan fingerprint density at radius 3 is 2.00 bits per heavy atom. The van der Waals surface area contributed by atoms with E-state index < -0.39 is 28.3 Å². The zero-order chi connectivity index (χ0) is 5.91. The molecule has 0 saturated heterocycles. The van der Waals surface area contributed by atoms with Crippen molar-refractivity contribution in [1.82, 2.24) is 0 Å². The molecule has 0 spiro atoms. The van der Waals surface area contributed by atoms with Gasteiger partial charge in [0.05, 0.1) is 0 Å². The van der Waals surface area contributed by atoms with E-state index in [9.17, 15) is 7.67 Å². The van der Waals surface area contributed by atoms with Gasteiger partial charge in [-0.1, -0.05) is 0 Å². The molecule has 0 atom stereocenters. The van der Waals surface area contributed by atoms with Crippen molar-refractivity contribution in [2.75, 3.05) is 0 Å². The van der Waals surface area contributed by atoms with Crippen LogP contribution in [0.5, 0.6) is 0 Å². The van der Waals surface area contributed by atoms with Gasteiger partial charge < -0.3 is 0 Å². The third kappa shape index (κ3) is 6.35. The quantitative estimate of drug-likeness (QED) is 0.572. The predicted octanol–water partition coefficient (Wildman–Crippen LogP) is -0.987. The number of hydrogen-bond acceptors (Lipinski definition) is 4. The van der Waals surface area contributed by atoms with Crippen LogP contribution in [0.1, 0.15) is 0 Å². The summed E-state index contributed by atoms with van der Waals surface area (Å²) in [5, 5.41) is 0. The summed E-state index contributed by atoms with van der Waals surface area (Å²) in [4.78, 5) is 0. The van der Waals surface area contributed by atoms with Crippen molar-refractivity contribution in [3.63, 3.8) is 0 Å². The molecule has 0 bridgehead atoms. The van der Waals surface area contributed by atoms with Crippen LogP contribution in [0.4, 0.5) is 0 Å². The average molecular weight is 195 g/mol. The molecule has 0 aromatic heterocycles. The predicted molar refractivity (Wildman–Crippen MR) is 5.36 cm³/mol. The molecule has 5 nitrogen and oxygen atoms in total. The van der Waals surface area contributed by atoms with Crippen LogP contribution >= 0.6 is 0 Å². The maximum absolute atomic E-state index is 9.41. The van der Waals surface area contributed by atoms with E-state index in [4.69, 9.17) is 8.05 Å². The summed E-state index contributed by atoms with van der Waals surface area (Å²) < 4.78 is 38.8. The molecular weight excluding hydrogens is 194 g/mol. The van der Waals surface area contributed by atoms with Crippen molar-refractivity contribution >= 4 is 0 Å². The van der Waals surface area contributed by atoms with Crippen molar-refractivity contribution in [2.24, 2.45) is 0 Å². The van der Waals surface area contributed by atoms with Crippen LogP contribution in [0.25, 0.3) is 0 Å². The molecule has 7 heavy (non-hydrogen) atoms. The van der Waals surface area contributed by atoms with Gasteiger partial charge in [-0.05, 0) is 0 Å². The first-order valence-corrected chi connectivity index (χ1v) is 3.73. The Morgan fingerprint density at radius 1 is 1.57 bits per heavy atom. The second-order valence-corrected chi connectivity index (χ2v) is 2.74. The summed E-state index contributed by atoms with van der Waals surface area (Å²) in [5.41, 5.74) is 0. The van der Waals surface area contributed by atoms with Crippen LogP contribution in [-0.2, 0) is 42.8 Å². The summed E-state index contributed by atoms with van der Waals surface area (Å²) >= 11 is -6.03. The molecule has 0 rings (SSSR count). The Morgan fingerprint density at radius 2 is 2.00 bits per heavy atom. The van der Waals surface area contributed by atoms with Crippen molar-refractivity contribution < 1.29 is 47.0 Å². The van der Waals surface area contributed by atoms with Gasteiger partial charge in [-0.25, -0.2) is 0 Å². The average Bonchev–Trinajstić information content (AvgIpc) is 1.30. The first-order valence-electron chi connectivity index (χ1n) is 0.904. The molecule has 7 heteroatoms. The van der Waals surface area contributed by atoms with Gasteiger partial charge >= 0.3 is 47.0 Å². The van der Waals surface area contributed by atoms with E-state index in [2.05, 4.69) is 2.93 Å². The minimum atomic E-state index is -5.00. The van der Waals surface area contributed by atoms with Gasteiger partial charge in [-0.15, -0.1) is 0 Å². The van der Waals surface area contributed by atoms with E-state index in [1.54, 1.807) is 0 Å². The molecule has 0 heterocycles. The van der Waals surface area contributed by atoms with Crippen LogP contribution in [0.2, 0.25) is 0 Å². The fourth-order valence-corrected chi connectivity index (χ4v) is 0.451. The summed E-state index contributed by atoms with van der Waals surface area (Å²) in [6.07, 6.45) is 0. The van der Waals surface area contributed by atoms with E-state index in [1.807, 2.05) is 0 Å². The zero-order valence-electron chi connectivity index (χ0n) is 2.79. The minimum absolute atomic E-state index is 1.03. The van der Waals surface area contributed by atoms with Crippen LogP contribution in [0.3, 0.4) is 0 Å². The van der Waals surface area contributed by atoms with Gasteiger partial charge in [0.15, 0.2) is 0 Å². The third-order valence-electron chi connectivity index (χ3n) is 0.0860. The van der Waals surface area contributed by atoms with E-state index in [1.165, 1.54) is 0 Å². The van der Waals surface area contributed by atoms with Gasteiger partial charge in [0, 0.05) is 0 Å². The van der Waals surface area contributed by atoms with Gasteiger partial charge in [0.2, 0.25) is 0 Å². The van der Waals surface area contributed by atoms with Crippen molar-refractivity contribution in [3.8, 4) is 0 Å². The molecule has 0 aliphatic carbocycles. The molecule has 0 aromatic carbocycles. The van der Waals surface area contributed by atoms with Gasteiger partial charge in [0.1, 0.15) is 0 Å². The van der Waals surface area contributed by atoms with Crippen molar-refractivity contribution in [2.45, 2.75) is 0 Å². The molecule has 0 amide bonds. The standard InChI is InChI=1S/Co.Mn.H2O.4O/h;;1H2;;;;/q;+1;;;;;/p-1. The fourth-order valence-electron chi connectivity index (χ4n) is 0.0265. The topological polar surface area (TPSA) is 80.7 Å². The zero-order valence-corrected chi connectivity index (χ0v) is 5.01. The molecule has 0 fully saturated rings. The Bertz CT molecular complexity index is 141. The molecule has 0 unspecified atom stereocenters. The van der Waals surface area contributed by atoms with E-state index in [0.29, 0.717) is 0 Å². The Balaban J connectivity index is 3.84. The summed E-state index contributed by atoms with van der Waals surface area (Å²) in [6, 6.07) is 0. The van der Waals surface area contributed by atoms with Gasteiger partial charge in [0.25, 0.3) is 0 Å². The van der Waals surface area contributed by atoms with Gasteiger partial charge in [-0.2, -0.15) is 0 Å². The Kier molecular flexibility index (Phi) is 2.73. The van der Waals surface area contributed by atoms with E-state index >= 15 is 0 Å². The molecular formula is HCoMnO5. The summed E-state index contributed by atoms with van der Waals surface area (Å²) in [7, 11) is 0. The molecule has 0 saturated carbocycles. The molecule has 47 valence electrons. The molecule has 1 N–H and O–H groups in total. The Labute approximate surface area is 47.4 Å². The first kappa shape index (κ1) is 7.35. The normalized spacial score (nSPS) is 12.1. The van der Waals surface area contributed by atoms with Crippen molar-refractivity contribution in [3.05, 3.63) is 0 Å². The fraction of sp³-hybridized carbons (Fsp3) is 0. The molecule has 0 radical (unpaired) electrons. The third-order valence-corrected chi connectivity index (χ3v) is 1.46. The summed E-state index contributed by atoms with van der Waals surface area (Å²) in [6.45, 7) is 0. The van der Waals surface area contributed by atoms with Gasteiger partial charge in [-0.3, -0.25) is 0 Å². The SMILES string of the molecule is [O]=[Co][O][Mn](=[O])(=[O])[OH]. The van der Waals surface area contributed by atoms with Crippen LogP contribution in [-0.4, -0.2) is 4.19 Å². The van der Waals surface area contributed by atoms with Crippen molar-refractivity contribution in [1.29, 1.82) is 0 Å². The molecule has 0 aliphatic rings. The van der Waals surface area contributed by atoms with E-state index in [0.717, 1.165) is 0 Å². The van der Waals surface area contributed by atoms with E-state index in [-0.39, 0.29) is 0 Å². The first-order chi connectivity index (χ1) is 3.06. The second kappa shape index (κ2) is 2.60. The molecule has 0 aromatic rings. The van der Waals surface area contributed by atoms with Crippen LogP contribution in [0.15, 0.2) is 0 Å². The number of rotatable bonds is 2. The van der Waals surface area contributed by atoms with Crippen LogP contribution in [0, 0.1) is 0 Å². The van der Waals surface area contributed by atoms with Crippen LogP contribution < -0.4 is 0 Å². The number of hydrogen-bond donors (Lipinski definition) is 1.